The Hall–Kier alpha value is -2.02. The number of hydrogen-bond donors (Lipinski definition) is 2. The summed E-state index contributed by atoms with van der Waals surface area (Å²) >= 11 is 0. The summed E-state index contributed by atoms with van der Waals surface area (Å²) in [4.78, 5) is 24.6. The molecule has 0 spiro atoms. The van der Waals surface area contributed by atoms with Crippen LogP contribution in [0.4, 0.5) is 11.4 Å². The number of ether oxygens (including phenoxy) is 1. The van der Waals surface area contributed by atoms with Gasteiger partial charge in [0.25, 0.3) is 0 Å². The Kier molecular flexibility index (Phi) is 6.05. The molecule has 1 aromatic carbocycles. The number of nitrogens with one attached hydrogen (secondary N) is 2. The number of esters is 1. The maximum Gasteiger partial charge on any atom is 0.308 e. The Labute approximate surface area is 119 Å². The van der Waals surface area contributed by atoms with Crippen molar-refractivity contribution in [3.63, 3.8) is 0 Å². The summed E-state index contributed by atoms with van der Waals surface area (Å²) in [6.45, 7) is 1.95. The average Bonchev–Trinajstić information content (AvgIpc) is 2.35. The van der Waals surface area contributed by atoms with Gasteiger partial charge in [-0.15, -0.1) is 0 Å². The molecule has 0 fully saturated rings. The maximum atomic E-state index is 11.7. The van der Waals surface area contributed by atoms with Crippen LogP contribution in [0.25, 0.3) is 0 Å². The predicted octanol–water partition coefficient (Wildman–Crippen LogP) is 0.144. The predicted molar refractivity (Wildman–Crippen MR) is 81.9 cm³/mol. The van der Waals surface area contributed by atoms with Crippen molar-refractivity contribution in [3.8, 4) is 5.75 Å². The molecule has 0 atom stereocenters. The molecule has 0 aromatic heterocycles. The second-order valence-corrected chi connectivity index (χ2v) is 4.57. The van der Waals surface area contributed by atoms with Crippen LogP contribution < -0.4 is 20.2 Å². The summed E-state index contributed by atoms with van der Waals surface area (Å²) in [6, 6.07) is 5.22. The van der Waals surface area contributed by atoms with Crippen LogP contribution in [0.3, 0.4) is 0 Å². The number of benzene rings is 1. The summed E-state index contributed by atoms with van der Waals surface area (Å²) < 4.78 is 5.17. The van der Waals surface area contributed by atoms with Crippen LogP contribution in [-0.2, 0) is 9.59 Å². The van der Waals surface area contributed by atoms with Crippen molar-refractivity contribution in [1.82, 2.24) is 5.32 Å². The third kappa shape index (κ3) is 4.93. The number of carbonyl (C=O) groups is 2. The van der Waals surface area contributed by atoms with Gasteiger partial charge in [0.2, 0.25) is 13.9 Å². The summed E-state index contributed by atoms with van der Waals surface area (Å²) in [6.07, 6.45) is 0.384. The fourth-order valence-electron chi connectivity index (χ4n) is 1.66. The topological polar surface area (TPSA) is 70.7 Å². The van der Waals surface area contributed by atoms with Crippen molar-refractivity contribution in [2.24, 2.45) is 0 Å². The highest BCUT2D eigenvalue weighted by Gasteiger charge is 2.10. The van der Waals surface area contributed by atoms with Gasteiger partial charge in [-0.3, -0.25) is 9.59 Å². The molecule has 0 bridgehead atoms. The van der Waals surface area contributed by atoms with E-state index in [4.69, 9.17) is 4.74 Å². The molecular formula is C13H20BN3O3. The number of rotatable bonds is 6. The molecule has 1 aromatic rings. The van der Waals surface area contributed by atoms with E-state index in [1.165, 1.54) is 6.92 Å². The van der Waals surface area contributed by atoms with Gasteiger partial charge in [0.15, 0.2) is 5.75 Å². The lowest BCUT2D eigenvalue weighted by Crippen LogP contribution is -2.19. The summed E-state index contributed by atoms with van der Waals surface area (Å²) in [7, 11) is 5.50. The lowest BCUT2D eigenvalue weighted by molar-refractivity contribution is -0.131. The van der Waals surface area contributed by atoms with Gasteiger partial charge in [0.05, 0.1) is 5.69 Å². The molecular weight excluding hydrogens is 257 g/mol. The average molecular weight is 277 g/mol. The monoisotopic (exact) mass is 277 g/mol. The molecule has 0 saturated carbocycles. The van der Waals surface area contributed by atoms with E-state index in [0.717, 1.165) is 5.69 Å². The van der Waals surface area contributed by atoms with E-state index < -0.39 is 5.97 Å². The SMILES string of the molecule is BN(C)c1ccc(NC(=O)CCNC)cc1OC(C)=O. The van der Waals surface area contributed by atoms with Gasteiger partial charge >= 0.3 is 5.97 Å². The Morgan fingerprint density at radius 3 is 2.65 bits per heavy atom. The van der Waals surface area contributed by atoms with Crippen LogP contribution in [-0.4, -0.2) is 40.5 Å². The minimum atomic E-state index is -0.397. The van der Waals surface area contributed by atoms with Crippen LogP contribution in [0.1, 0.15) is 13.3 Å². The first kappa shape index (κ1) is 16.0. The minimum Gasteiger partial charge on any atom is -0.424 e. The van der Waals surface area contributed by atoms with Crippen LogP contribution >= 0.6 is 0 Å². The molecule has 0 unspecified atom stereocenters. The van der Waals surface area contributed by atoms with Gasteiger partial charge in [-0.1, -0.05) is 0 Å². The highest BCUT2D eigenvalue weighted by atomic mass is 16.5. The van der Waals surface area contributed by atoms with Crippen molar-refractivity contribution in [2.45, 2.75) is 13.3 Å². The van der Waals surface area contributed by atoms with Crippen LogP contribution in [0.15, 0.2) is 18.2 Å². The van der Waals surface area contributed by atoms with Crippen LogP contribution in [0.5, 0.6) is 5.75 Å². The van der Waals surface area contributed by atoms with Crippen LogP contribution in [0, 0.1) is 0 Å². The normalized spacial score (nSPS) is 9.95. The Morgan fingerprint density at radius 2 is 2.10 bits per heavy atom. The molecule has 0 aliphatic carbocycles. The highest BCUT2D eigenvalue weighted by Crippen LogP contribution is 2.30. The Balaban J connectivity index is 2.88. The Morgan fingerprint density at radius 1 is 1.40 bits per heavy atom. The highest BCUT2D eigenvalue weighted by molar-refractivity contribution is 6.18. The van der Waals surface area contributed by atoms with E-state index in [1.54, 1.807) is 25.2 Å². The largest absolute Gasteiger partial charge is 0.424 e. The first-order valence-corrected chi connectivity index (χ1v) is 6.38. The third-order valence-corrected chi connectivity index (χ3v) is 2.58. The zero-order valence-corrected chi connectivity index (χ0v) is 12.3. The molecule has 0 radical (unpaired) electrons. The Bertz CT molecular complexity index is 492. The van der Waals surface area contributed by atoms with Crippen molar-refractivity contribution in [3.05, 3.63) is 18.2 Å². The third-order valence-electron chi connectivity index (χ3n) is 2.58. The molecule has 1 rings (SSSR count). The zero-order valence-electron chi connectivity index (χ0n) is 12.3. The van der Waals surface area contributed by atoms with E-state index in [1.807, 2.05) is 19.8 Å². The molecule has 108 valence electrons. The molecule has 0 heterocycles. The standard InChI is InChI=1S/C13H20BN3O3/c1-9(18)20-12-8-10(4-5-11(12)17(3)14)16-13(19)6-7-15-2/h4-5,8,15H,6-7,14H2,1-3H3,(H,16,19). The number of hydrogen-bond acceptors (Lipinski definition) is 5. The number of nitrogens with zero attached hydrogens (tertiary/aromatic N) is 1. The second kappa shape index (κ2) is 7.54. The second-order valence-electron chi connectivity index (χ2n) is 4.57. The van der Waals surface area contributed by atoms with E-state index in [-0.39, 0.29) is 5.91 Å². The van der Waals surface area contributed by atoms with E-state index in [2.05, 4.69) is 10.6 Å². The molecule has 0 aliphatic rings. The summed E-state index contributed by atoms with van der Waals surface area (Å²) in [5.41, 5.74) is 1.38. The maximum absolute atomic E-state index is 11.7. The first-order chi connectivity index (χ1) is 9.43. The molecule has 7 heteroatoms. The van der Waals surface area contributed by atoms with E-state index in [0.29, 0.717) is 24.4 Å². The van der Waals surface area contributed by atoms with E-state index >= 15 is 0 Å². The zero-order chi connectivity index (χ0) is 15.1. The summed E-state index contributed by atoms with van der Waals surface area (Å²) in [5, 5.41) is 5.68. The summed E-state index contributed by atoms with van der Waals surface area (Å²) in [5.74, 6) is -0.0635. The lowest BCUT2D eigenvalue weighted by Gasteiger charge is -2.18. The van der Waals surface area contributed by atoms with Crippen molar-refractivity contribution >= 4 is 31.2 Å². The van der Waals surface area contributed by atoms with Crippen molar-refractivity contribution in [2.75, 3.05) is 30.8 Å². The van der Waals surface area contributed by atoms with Gasteiger partial charge in [-0.25, -0.2) is 0 Å². The quantitative estimate of drug-likeness (QED) is 0.440. The van der Waals surface area contributed by atoms with Gasteiger partial charge in [0, 0.05) is 31.6 Å². The van der Waals surface area contributed by atoms with Gasteiger partial charge in [-0.05, 0) is 26.2 Å². The molecule has 6 nitrogen and oxygen atoms in total. The van der Waals surface area contributed by atoms with Gasteiger partial charge in [-0.2, -0.15) is 0 Å². The molecule has 20 heavy (non-hydrogen) atoms. The van der Waals surface area contributed by atoms with E-state index in [9.17, 15) is 9.59 Å². The number of amides is 1. The fraction of sp³-hybridized carbons (Fsp3) is 0.385. The molecule has 0 saturated heterocycles. The lowest BCUT2D eigenvalue weighted by atomic mass is 10.2. The van der Waals surface area contributed by atoms with Gasteiger partial charge < -0.3 is 20.2 Å². The minimum absolute atomic E-state index is 0.0919. The molecule has 1 amide bonds. The van der Waals surface area contributed by atoms with Crippen molar-refractivity contribution < 1.29 is 14.3 Å². The van der Waals surface area contributed by atoms with Crippen LogP contribution in [0.2, 0.25) is 0 Å². The number of anilines is 2. The number of carbonyl (C=O) groups excluding carboxylic acids is 2. The van der Waals surface area contributed by atoms with Crippen molar-refractivity contribution in [1.29, 1.82) is 0 Å². The smallest absolute Gasteiger partial charge is 0.308 e. The molecule has 0 aliphatic heterocycles. The van der Waals surface area contributed by atoms with Gasteiger partial charge in [0.1, 0.15) is 0 Å². The molecule has 2 N–H and O–H groups in total. The first-order valence-electron chi connectivity index (χ1n) is 6.38. The fourth-order valence-corrected chi connectivity index (χ4v) is 1.66.